The minimum Gasteiger partial charge on any atom is -0.492 e. The first-order valence-corrected chi connectivity index (χ1v) is 14.0. The third-order valence-corrected chi connectivity index (χ3v) is 7.93. The average Bonchev–Trinajstić information content (AvgIpc) is 3.52. The van der Waals surface area contributed by atoms with Gasteiger partial charge in [0.25, 0.3) is 11.8 Å². The van der Waals surface area contributed by atoms with Gasteiger partial charge in [0.1, 0.15) is 23.9 Å². The minimum absolute atomic E-state index is 0.00790. The summed E-state index contributed by atoms with van der Waals surface area (Å²) in [6.07, 6.45) is -3.21. The first-order chi connectivity index (χ1) is 21.0. The summed E-state index contributed by atoms with van der Waals surface area (Å²) in [5, 5.41) is 2.72. The number of rotatable bonds is 8. The van der Waals surface area contributed by atoms with E-state index < -0.39 is 42.1 Å². The van der Waals surface area contributed by atoms with E-state index in [-0.39, 0.29) is 36.5 Å². The number of amides is 4. The molecule has 0 spiro atoms. The second kappa shape index (κ2) is 11.2. The molecule has 0 aliphatic carbocycles. The number of imide groups is 1. The van der Waals surface area contributed by atoms with Gasteiger partial charge >= 0.3 is 12.2 Å². The van der Waals surface area contributed by atoms with Crippen LogP contribution in [0, 0.1) is 5.92 Å². The maximum Gasteiger partial charge on any atom is 0.391 e. The van der Waals surface area contributed by atoms with Gasteiger partial charge < -0.3 is 9.64 Å². The van der Waals surface area contributed by atoms with E-state index in [4.69, 9.17) is 4.74 Å². The number of hydrogen-bond donors (Lipinski definition) is 1. The van der Waals surface area contributed by atoms with Gasteiger partial charge in [0.05, 0.1) is 35.3 Å². The first kappa shape index (κ1) is 29.1. The summed E-state index contributed by atoms with van der Waals surface area (Å²) in [6, 6.07) is 11.8. The number of hydrogen-bond acceptors (Lipinski definition) is 8. The van der Waals surface area contributed by atoms with Crippen molar-refractivity contribution in [1.82, 2.24) is 14.9 Å². The molecule has 3 aromatic rings. The Labute approximate surface area is 249 Å². The number of nitrogens with zero attached hydrogens (tertiary/aromatic N) is 5. The third kappa shape index (κ3) is 5.42. The molecule has 2 bridgehead atoms. The van der Waals surface area contributed by atoms with E-state index in [0.717, 1.165) is 11.8 Å². The van der Waals surface area contributed by atoms with Crippen molar-refractivity contribution in [3.05, 3.63) is 71.5 Å². The predicted molar refractivity (Wildman–Crippen MR) is 152 cm³/mol. The Morgan fingerprint density at radius 2 is 1.82 bits per heavy atom. The number of carbonyl (C=O) groups is 4. The lowest BCUT2D eigenvalue weighted by molar-refractivity contribution is -0.168. The van der Waals surface area contributed by atoms with Crippen molar-refractivity contribution >= 4 is 41.0 Å². The summed E-state index contributed by atoms with van der Waals surface area (Å²) >= 11 is 0. The SMILES string of the molecule is C[C@@H](CC(=O)c1ccc2c(n1)N(C(=O)Nc1cc(OCCN3C(=O)c4ccccc4C3=O)ccn1)[C@H]1CCN2C1)C(F)(F)F. The lowest BCUT2D eigenvalue weighted by Crippen LogP contribution is -2.48. The standard InChI is InChI=1S/C30H27F3N6O5/c1-17(30(31,32)33)14-24(40)22-6-7-23-26(35-22)39(18-9-11-37(23)16-18)29(43)36-25-15-19(8-10-34-25)44-13-12-38-27(41)20-4-2-3-5-21(20)28(38)42/h2-8,10,15,17-18H,9,11-14,16H2,1H3,(H,34,36,43)/t17-,18-/m0/s1. The number of pyridine rings is 2. The first-order valence-electron chi connectivity index (χ1n) is 14.0. The number of halogens is 3. The summed E-state index contributed by atoms with van der Waals surface area (Å²) in [5.74, 6) is -2.70. The summed E-state index contributed by atoms with van der Waals surface area (Å²) in [7, 11) is 0. The zero-order chi connectivity index (χ0) is 31.2. The van der Waals surface area contributed by atoms with Gasteiger partial charge in [-0.25, -0.2) is 14.8 Å². The molecule has 1 fully saturated rings. The van der Waals surface area contributed by atoms with Crippen LogP contribution in [-0.4, -0.2) is 77.0 Å². The van der Waals surface area contributed by atoms with Crippen molar-refractivity contribution in [2.24, 2.45) is 5.92 Å². The van der Waals surface area contributed by atoms with E-state index in [1.807, 2.05) is 4.90 Å². The lowest BCUT2D eigenvalue weighted by atomic mass is 10.0. The fourth-order valence-electron chi connectivity index (χ4n) is 5.56. The quantitative estimate of drug-likeness (QED) is 0.292. The molecule has 0 unspecified atom stereocenters. The Balaban J connectivity index is 1.13. The monoisotopic (exact) mass is 608 g/mol. The maximum absolute atomic E-state index is 13.5. The largest absolute Gasteiger partial charge is 0.492 e. The molecule has 14 heteroatoms. The fourth-order valence-corrected chi connectivity index (χ4v) is 5.56. The van der Waals surface area contributed by atoms with Gasteiger partial charge in [-0.2, -0.15) is 13.2 Å². The molecule has 44 heavy (non-hydrogen) atoms. The molecule has 6 rings (SSSR count). The number of ketones is 1. The van der Waals surface area contributed by atoms with Gasteiger partial charge in [0.15, 0.2) is 11.6 Å². The molecular formula is C30H27F3N6O5. The molecule has 228 valence electrons. The highest BCUT2D eigenvalue weighted by molar-refractivity contribution is 6.21. The maximum atomic E-state index is 13.5. The molecule has 11 nitrogen and oxygen atoms in total. The van der Waals surface area contributed by atoms with Crippen LogP contribution in [0.5, 0.6) is 5.75 Å². The molecule has 2 aromatic heterocycles. The molecule has 3 aliphatic rings. The molecule has 1 N–H and O–H groups in total. The van der Waals surface area contributed by atoms with E-state index >= 15 is 0 Å². The van der Waals surface area contributed by atoms with Gasteiger partial charge in [0, 0.05) is 31.8 Å². The summed E-state index contributed by atoms with van der Waals surface area (Å²) in [5.41, 5.74) is 1.15. The number of anilines is 3. The van der Waals surface area contributed by atoms with Crippen molar-refractivity contribution in [2.75, 3.05) is 41.4 Å². The molecule has 3 aliphatic heterocycles. The Kier molecular flexibility index (Phi) is 7.43. The van der Waals surface area contributed by atoms with Crippen molar-refractivity contribution in [3.63, 3.8) is 0 Å². The lowest BCUT2D eigenvalue weighted by Gasteiger charge is -2.35. The van der Waals surface area contributed by atoms with Gasteiger partial charge in [-0.05, 0) is 36.8 Å². The van der Waals surface area contributed by atoms with E-state index in [1.54, 1.807) is 36.4 Å². The number of aromatic nitrogens is 2. The van der Waals surface area contributed by atoms with Gasteiger partial charge in [-0.3, -0.25) is 29.5 Å². The van der Waals surface area contributed by atoms with Crippen LogP contribution < -0.4 is 19.9 Å². The van der Waals surface area contributed by atoms with Crippen molar-refractivity contribution < 1.29 is 37.1 Å². The highest BCUT2D eigenvalue weighted by Gasteiger charge is 2.42. The van der Waals surface area contributed by atoms with E-state index in [2.05, 4.69) is 15.3 Å². The number of nitrogens with one attached hydrogen (secondary N) is 1. The smallest absolute Gasteiger partial charge is 0.391 e. The van der Waals surface area contributed by atoms with Crippen LogP contribution in [0.3, 0.4) is 0 Å². The van der Waals surface area contributed by atoms with E-state index in [1.165, 1.54) is 23.2 Å². The van der Waals surface area contributed by atoms with Crippen LogP contribution in [0.2, 0.25) is 0 Å². The molecule has 4 amide bonds. The average molecular weight is 609 g/mol. The number of urea groups is 1. The number of fused-ring (bicyclic) bond motifs is 5. The van der Waals surface area contributed by atoms with Crippen LogP contribution in [0.25, 0.3) is 0 Å². The van der Waals surface area contributed by atoms with Crippen molar-refractivity contribution in [2.45, 2.75) is 32.0 Å². The second-order valence-corrected chi connectivity index (χ2v) is 10.8. The molecule has 1 aromatic carbocycles. The molecule has 0 saturated carbocycles. The van der Waals surface area contributed by atoms with Crippen LogP contribution >= 0.6 is 0 Å². The zero-order valence-corrected chi connectivity index (χ0v) is 23.5. The van der Waals surface area contributed by atoms with Crippen molar-refractivity contribution in [1.29, 1.82) is 0 Å². The number of alkyl halides is 3. The van der Waals surface area contributed by atoms with E-state index in [0.29, 0.717) is 42.1 Å². The Morgan fingerprint density at radius 3 is 2.52 bits per heavy atom. The van der Waals surface area contributed by atoms with Crippen LogP contribution in [-0.2, 0) is 0 Å². The normalized spacial score (nSPS) is 17.8. The molecule has 0 radical (unpaired) electrons. The highest BCUT2D eigenvalue weighted by atomic mass is 19.4. The number of carbonyl (C=O) groups excluding carboxylic acids is 4. The molecule has 5 heterocycles. The minimum atomic E-state index is -4.51. The fraction of sp³-hybridized carbons (Fsp3) is 0.333. The molecule has 1 saturated heterocycles. The Morgan fingerprint density at radius 1 is 1.09 bits per heavy atom. The zero-order valence-electron chi connectivity index (χ0n) is 23.5. The summed E-state index contributed by atoms with van der Waals surface area (Å²) in [4.78, 5) is 64.5. The number of Topliss-reactive ketones (excluding diaryl/α,β-unsaturated/α-hetero) is 1. The van der Waals surface area contributed by atoms with Crippen LogP contribution in [0.15, 0.2) is 54.7 Å². The number of ether oxygens (including phenoxy) is 1. The molecule has 2 atom stereocenters. The van der Waals surface area contributed by atoms with E-state index in [9.17, 15) is 32.3 Å². The highest BCUT2D eigenvalue weighted by Crippen LogP contribution is 2.39. The number of benzene rings is 1. The summed E-state index contributed by atoms with van der Waals surface area (Å²) < 4.78 is 44.9. The predicted octanol–water partition coefficient (Wildman–Crippen LogP) is 4.55. The molecular weight excluding hydrogens is 581 g/mol. The topological polar surface area (TPSA) is 125 Å². The van der Waals surface area contributed by atoms with Crippen molar-refractivity contribution in [3.8, 4) is 5.75 Å². The second-order valence-electron chi connectivity index (χ2n) is 10.8. The summed E-state index contributed by atoms with van der Waals surface area (Å²) in [6.45, 7) is 2.16. The van der Waals surface area contributed by atoms with Crippen LogP contribution in [0.1, 0.15) is 51.0 Å². The third-order valence-electron chi connectivity index (χ3n) is 7.93. The van der Waals surface area contributed by atoms with Gasteiger partial charge in [-0.1, -0.05) is 19.1 Å². The van der Waals surface area contributed by atoms with Gasteiger partial charge in [0.2, 0.25) is 0 Å². The Bertz CT molecular complexity index is 1630. The van der Waals surface area contributed by atoms with Gasteiger partial charge in [-0.15, -0.1) is 0 Å². The Hall–Kier alpha value is -5.01. The van der Waals surface area contributed by atoms with Crippen LogP contribution in [0.4, 0.5) is 35.3 Å².